The van der Waals surface area contributed by atoms with Gasteiger partial charge in [-0.15, -0.1) is 0 Å². The number of carbonyl (C=O) groups is 2. The highest BCUT2D eigenvalue weighted by Crippen LogP contribution is 2.20. The van der Waals surface area contributed by atoms with E-state index in [9.17, 15) is 14.0 Å². The number of benzene rings is 1. The fourth-order valence-corrected chi connectivity index (χ4v) is 2.50. The second-order valence-electron chi connectivity index (χ2n) is 5.40. The number of aromatic amines is 1. The predicted molar refractivity (Wildman–Crippen MR) is 83.8 cm³/mol. The lowest BCUT2D eigenvalue weighted by Crippen LogP contribution is -2.27. The molecule has 0 aliphatic heterocycles. The zero-order valence-corrected chi connectivity index (χ0v) is 13.6. The average molecular weight is 318 g/mol. The number of aromatic nitrogens is 1. The van der Waals surface area contributed by atoms with Gasteiger partial charge in [0, 0.05) is 19.3 Å². The maximum atomic E-state index is 12.9. The van der Waals surface area contributed by atoms with Crippen molar-refractivity contribution in [3.05, 3.63) is 58.2 Å². The van der Waals surface area contributed by atoms with Crippen molar-refractivity contribution in [3.63, 3.8) is 0 Å². The first kappa shape index (κ1) is 16.7. The molecule has 0 saturated carbocycles. The third-order valence-electron chi connectivity index (χ3n) is 3.72. The lowest BCUT2D eigenvalue weighted by atomic mass is 10.1. The number of nitrogens with zero attached hydrogens (tertiary/aromatic N) is 1. The molecular weight excluding hydrogens is 299 g/mol. The monoisotopic (exact) mass is 318 g/mol. The van der Waals surface area contributed by atoms with E-state index in [1.807, 2.05) is 0 Å². The normalized spacial score (nSPS) is 10.5. The van der Waals surface area contributed by atoms with Gasteiger partial charge in [0.15, 0.2) is 0 Å². The number of H-pyrrole nitrogens is 1. The maximum Gasteiger partial charge on any atom is 0.339 e. The van der Waals surface area contributed by atoms with Gasteiger partial charge in [0.1, 0.15) is 11.5 Å². The van der Waals surface area contributed by atoms with Crippen LogP contribution in [0.15, 0.2) is 24.3 Å². The zero-order chi connectivity index (χ0) is 17.1. The molecule has 0 spiro atoms. The molecule has 0 unspecified atom stereocenters. The molecule has 5 nitrogen and oxygen atoms in total. The summed E-state index contributed by atoms with van der Waals surface area (Å²) in [5.41, 5.74) is 2.70. The van der Waals surface area contributed by atoms with Gasteiger partial charge in [-0.05, 0) is 37.1 Å². The Bertz CT molecular complexity index is 735. The number of carbonyl (C=O) groups excluding carboxylic acids is 2. The molecule has 0 radical (unpaired) electrons. The maximum absolute atomic E-state index is 12.9. The van der Waals surface area contributed by atoms with Gasteiger partial charge in [0.25, 0.3) is 5.91 Å². The minimum atomic E-state index is -0.475. The van der Waals surface area contributed by atoms with Crippen LogP contribution in [0.1, 0.15) is 37.7 Å². The van der Waals surface area contributed by atoms with Gasteiger partial charge in [0.2, 0.25) is 0 Å². The van der Waals surface area contributed by atoms with E-state index in [1.165, 1.54) is 24.1 Å². The van der Waals surface area contributed by atoms with E-state index < -0.39 is 5.97 Å². The Kier molecular flexibility index (Phi) is 4.83. The van der Waals surface area contributed by atoms with E-state index in [1.54, 1.807) is 33.0 Å². The Morgan fingerprint density at radius 1 is 1.22 bits per heavy atom. The van der Waals surface area contributed by atoms with Gasteiger partial charge >= 0.3 is 5.97 Å². The van der Waals surface area contributed by atoms with Crippen molar-refractivity contribution >= 4 is 11.9 Å². The Labute approximate surface area is 134 Å². The molecule has 0 saturated heterocycles. The fraction of sp³-hybridized carbons (Fsp3) is 0.294. The lowest BCUT2D eigenvalue weighted by molar-refractivity contribution is 0.0599. The standard InChI is InChI=1S/C17H19FN2O3/c1-10-14(17(22)23-4)11(2)19-15(10)16(21)20(3)9-12-5-7-13(18)8-6-12/h5-8,19H,9H2,1-4H3. The fourth-order valence-electron chi connectivity index (χ4n) is 2.50. The minimum Gasteiger partial charge on any atom is -0.465 e. The van der Waals surface area contributed by atoms with Gasteiger partial charge in [-0.3, -0.25) is 4.79 Å². The molecule has 1 N–H and O–H groups in total. The molecule has 2 rings (SSSR count). The quantitative estimate of drug-likeness (QED) is 0.882. The van der Waals surface area contributed by atoms with Crippen molar-refractivity contribution in [2.45, 2.75) is 20.4 Å². The molecule has 0 aliphatic carbocycles. The average Bonchev–Trinajstić information content (AvgIpc) is 2.82. The van der Waals surface area contributed by atoms with Crippen molar-refractivity contribution in [3.8, 4) is 0 Å². The van der Waals surface area contributed by atoms with E-state index in [-0.39, 0.29) is 11.7 Å². The molecule has 1 heterocycles. The number of amides is 1. The zero-order valence-electron chi connectivity index (χ0n) is 13.6. The van der Waals surface area contributed by atoms with Gasteiger partial charge in [-0.2, -0.15) is 0 Å². The number of hydrogen-bond donors (Lipinski definition) is 1. The summed E-state index contributed by atoms with van der Waals surface area (Å²) < 4.78 is 17.7. The van der Waals surface area contributed by atoms with Crippen LogP contribution in [0.3, 0.4) is 0 Å². The number of rotatable bonds is 4. The van der Waals surface area contributed by atoms with Crippen molar-refractivity contribution < 1.29 is 18.7 Å². The Morgan fingerprint density at radius 2 is 1.83 bits per heavy atom. The molecule has 1 aromatic heterocycles. The number of hydrogen-bond acceptors (Lipinski definition) is 3. The number of aryl methyl sites for hydroxylation is 1. The summed E-state index contributed by atoms with van der Waals surface area (Å²) in [6.45, 7) is 3.76. The van der Waals surface area contributed by atoms with Crippen molar-refractivity contribution in [2.24, 2.45) is 0 Å². The second-order valence-corrected chi connectivity index (χ2v) is 5.40. The summed E-state index contributed by atoms with van der Waals surface area (Å²) in [5.74, 6) is -1.04. The number of halogens is 1. The van der Waals surface area contributed by atoms with Gasteiger partial charge in [-0.1, -0.05) is 12.1 Å². The Balaban J connectivity index is 2.23. The molecule has 23 heavy (non-hydrogen) atoms. The Morgan fingerprint density at radius 3 is 2.39 bits per heavy atom. The van der Waals surface area contributed by atoms with Gasteiger partial charge < -0.3 is 14.6 Å². The van der Waals surface area contributed by atoms with E-state index in [4.69, 9.17) is 4.74 Å². The highest BCUT2D eigenvalue weighted by Gasteiger charge is 2.24. The largest absolute Gasteiger partial charge is 0.465 e. The first-order valence-electron chi connectivity index (χ1n) is 7.12. The smallest absolute Gasteiger partial charge is 0.339 e. The van der Waals surface area contributed by atoms with E-state index in [0.717, 1.165) is 5.56 Å². The number of nitrogens with one attached hydrogen (secondary N) is 1. The third-order valence-corrected chi connectivity index (χ3v) is 3.72. The summed E-state index contributed by atoms with van der Waals surface area (Å²) in [4.78, 5) is 28.8. The summed E-state index contributed by atoms with van der Waals surface area (Å²) in [6, 6.07) is 5.97. The molecule has 122 valence electrons. The summed E-state index contributed by atoms with van der Waals surface area (Å²) in [6.07, 6.45) is 0. The molecule has 0 aliphatic rings. The Hall–Kier alpha value is -2.63. The minimum absolute atomic E-state index is 0.245. The molecular formula is C17H19FN2O3. The second kappa shape index (κ2) is 6.64. The molecule has 2 aromatic rings. The topological polar surface area (TPSA) is 62.4 Å². The van der Waals surface area contributed by atoms with Crippen LogP contribution in [0.4, 0.5) is 4.39 Å². The van der Waals surface area contributed by atoms with Crippen molar-refractivity contribution in [2.75, 3.05) is 14.2 Å². The van der Waals surface area contributed by atoms with Crippen LogP contribution < -0.4 is 0 Å². The molecule has 0 atom stereocenters. The number of ether oxygens (including phenoxy) is 1. The summed E-state index contributed by atoms with van der Waals surface area (Å²) in [5, 5.41) is 0. The molecule has 1 amide bonds. The third kappa shape index (κ3) is 3.41. The van der Waals surface area contributed by atoms with E-state index >= 15 is 0 Å². The van der Waals surface area contributed by atoms with Crippen LogP contribution >= 0.6 is 0 Å². The van der Waals surface area contributed by atoms with Crippen LogP contribution in [0, 0.1) is 19.7 Å². The lowest BCUT2D eigenvalue weighted by Gasteiger charge is -2.17. The van der Waals surface area contributed by atoms with Crippen LogP contribution in [0.5, 0.6) is 0 Å². The van der Waals surface area contributed by atoms with Crippen LogP contribution in [0.2, 0.25) is 0 Å². The SMILES string of the molecule is COC(=O)c1c(C)[nH]c(C(=O)N(C)Cc2ccc(F)cc2)c1C. The highest BCUT2D eigenvalue weighted by molar-refractivity contribution is 6.00. The van der Waals surface area contributed by atoms with Gasteiger partial charge in [0.05, 0.1) is 12.7 Å². The summed E-state index contributed by atoms with van der Waals surface area (Å²) >= 11 is 0. The van der Waals surface area contributed by atoms with Gasteiger partial charge in [-0.25, -0.2) is 9.18 Å². The predicted octanol–water partition coefficient (Wildman–Crippen LogP) is 2.83. The first-order valence-corrected chi connectivity index (χ1v) is 7.12. The van der Waals surface area contributed by atoms with Crippen molar-refractivity contribution in [1.29, 1.82) is 0 Å². The summed E-state index contributed by atoms with van der Waals surface area (Å²) in [7, 11) is 2.95. The van der Waals surface area contributed by atoms with Crippen molar-refractivity contribution in [1.82, 2.24) is 9.88 Å². The van der Waals surface area contributed by atoms with Crippen LogP contribution in [-0.2, 0) is 11.3 Å². The van der Waals surface area contributed by atoms with E-state index in [0.29, 0.717) is 29.1 Å². The van der Waals surface area contributed by atoms with Crippen LogP contribution in [-0.4, -0.2) is 35.9 Å². The number of esters is 1. The molecule has 0 fully saturated rings. The number of methoxy groups -OCH3 is 1. The molecule has 1 aromatic carbocycles. The van der Waals surface area contributed by atoms with Crippen LogP contribution in [0.25, 0.3) is 0 Å². The molecule has 0 bridgehead atoms. The highest BCUT2D eigenvalue weighted by atomic mass is 19.1. The molecule has 6 heteroatoms. The first-order chi connectivity index (χ1) is 10.8. The van der Waals surface area contributed by atoms with E-state index in [2.05, 4.69) is 4.98 Å².